The van der Waals surface area contributed by atoms with E-state index in [1.54, 1.807) is 30.3 Å². The zero-order chi connectivity index (χ0) is 17.5. The van der Waals surface area contributed by atoms with Crippen LogP contribution in [0, 0.1) is 0 Å². The highest BCUT2D eigenvalue weighted by Gasteiger charge is 2.45. The highest BCUT2D eigenvalue weighted by atomic mass is 32.2. The van der Waals surface area contributed by atoms with Crippen molar-refractivity contribution in [3.05, 3.63) is 30.3 Å². The number of rotatable bonds is 8. The fourth-order valence-electron chi connectivity index (χ4n) is 1.86. The summed E-state index contributed by atoms with van der Waals surface area (Å²) in [5.41, 5.74) is 0.551. The normalized spacial score (nSPS) is 12.5. The van der Waals surface area contributed by atoms with Crippen molar-refractivity contribution in [2.45, 2.75) is 31.4 Å². The van der Waals surface area contributed by atoms with Gasteiger partial charge in [0.25, 0.3) is 5.25 Å². The summed E-state index contributed by atoms with van der Waals surface area (Å²) in [5.74, 6) is -2.26. The molecule has 1 rings (SSSR count). The second-order valence-electron chi connectivity index (χ2n) is 4.63. The third-order valence-corrected chi connectivity index (χ3v) is 5.11. The van der Waals surface area contributed by atoms with Crippen LogP contribution in [0.4, 0.5) is 5.69 Å². The topological polar surface area (TPSA) is 98.8 Å². The average molecular weight is 343 g/mol. The number of hydrogen-bond donors (Lipinski definition) is 1. The Morgan fingerprint density at radius 2 is 1.52 bits per heavy atom. The van der Waals surface area contributed by atoms with Crippen LogP contribution in [-0.2, 0) is 28.9 Å². The summed E-state index contributed by atoms with van der Waals surface area (Å²) in [6.45, 7) is 4.33. The van der Waals surface area contributed by atoms with Crippen molar-refractivity contribution in [2.75, 3.05) is 18.5 Å². The third-order valence-electron chi connectivity index (χ3n) is 2.97. The molecule has 7 nitrogen and oxygen atoms in total. The molecular weight excluding hydrogens is 322 g/mol. The number of ether oxygens (including phenoxy) is 2. The fourth-order valence-corrected chi connectivity index (χ4v) is 3.24. The van der Waals surface area contributed by atoms with E-state index in [-0.39, 0.29) is 13.2 Å². The maximum atomic E-state index is 12.6. The molecule has 0 radical (unpaired) electrons. The van der Waals surface area contributed by atoms with Crippen LogP contribution in [0.15, 0.2) is 30.3 Å². The lowest BCUT2D eigenvalue weighted by atomic mass is 10.3. The summed E-state index contributed by atoms with van der Waals surface area (Å²) in [6.07, 6.45) is 0. The van der Waals surface area contributed by atoms with Crippen molar-refractivity contribution in [1.29, 1.82) is 0 Å². The van der Waals surface area contributed by atoms with Gasteiger partial charge in [-0.3, -0.25) is 9.59 Å². The molecule has 0 aliphatic carbocycles. The number of para-hydroxylation sites is 1. The van der Waals surface area contributed by atoms with Gasteiger partial charge < -0.3 is 14.8 Å². The van der Waals surface area contributed by atoms with Gasteiger partial charge in [-0.15, -0.1) is 0 Å². The zero-order valence-electron chi connectivity index (χ0n) is 13.3. The molecule has 0 saturated heterocycles. The number of hydrogen-bond acceptors (Lipinski definition) is 7. The Kier molecular flexibility index (Phi) is 7.02. The fraction of sp³-hybridized carbons (Fsp3) is 0.467. The van der Waals surface area contributed by atoms with Gasteiger partial charge in [-0.1, -0.05) is 18.2 Å². The average Bonchev–Trinajstić information content (AvgIpc) is 2.48. The smallest absolute Gasteiger partial charge is 0.336 e. The predicted octanol–water partition coefficient (Wildman–Crippen LogP) is 1.35. The van der Waals surface area contributed by atoms with E-state index >= 15 is 0 Å². The summed E-state index contributed by atoms with van der Waals surface area (Å²) >= 11 is 0. The number of carbonyl (C=O) groups is 2. The lowest BCUT2D eigenvalue weighted by Gasteiger charge is -2.21. The van der Waals surface area contributed by atoms with Gasteiger partial charge in [0.15, 0.2) is 9.84 Å². The largest absolute Gasteiger partial charge is 0.465 e. The molecular formula is C15H21NO6S. The maximum Gasteiger partial charge on any atom is 0.336 e. The van der Waals surface area contributed by atoms with E-state index in [1.807, 2.05) is 0 Å². The lowest BCUT2D eigenvalue weighted by Crippen LogP contribution is -2.46. The first-order chi connectivity index (χ1) is 10.8. The standard InChI is InChI=1S/C15H21NO6S/c1-4-21-14(17)13(15(18)22-5-2)23(19,20)11(3)16-12-9-7-6-8-10-12/h6-11,13,16H,4-5H2,1-3H3. The Hall–Kier alpha value is -2.09. The minimum absolute atomic E-state index is 0.0370. The highest BCUT2D eigenvalue weighted by Crippen LogP contribution is 2.17. The highest BCUT2D eigenvalue weighted by molar-refractivity contribution is 7.94. The van der Waals surface area contributed by atoms with Crippen LogP contribution in [0.2, 0.25) is 0 Å². The van der Waals surface area contributed by atoms with Crippen molar-refractivity contribution in [3.8, 4) is 0 Å². The van der Waals surface area contributed by atoms with E-state index in [0.29, 0.717) is 5.69 Å². The molecule has 1 unspecified atom stereocenters. The zero-order valence-corrected chi connectivity index (χ0v) is 14.1. The van der Waals surface area contributed by atoms with Gasteiger partial charge in [0.2, 0.25) is 0 Å². The molecule has 8 heteroatoms. The third kappa shape index (κ3) is 4.95. The predicted molar refractivity (Wildman–Crippen MR) is 85.5 cm³/mol. The summed E-state index contributed by atoms with van der Waals surface area (Å²) in [7, 11) is -4.20. The monoisotopic (exact) mass is 343 g/mol. The van der Waals surface area contributed by atoms with Crippen molar-refractivity contribution in [1.82, 2.24) is 0 Å². The number of benzene rings is 1. The molecule has 1 aromatic rings. The molecule has 0 aliphatic rings. The second-order valence-corrected chi connectivity index (χ2v) is 6.98. The van der Waals surface area contributed by atoms with Crippen molar-refractivity contribution >= 4 is 27.5 Å². The van der Waals surface area contributed by atoms with Gasteiger partial charge in [-0.25, -0.2) is 8.42 Å². The molecule has 0 spiro atoms. The van der Waals surface area contributed by atoms with E-state index in [9.17, 15) is 18.0 Å². The van der Waals surface area contributed by atoms with Gasteiger partial charge in [-0.05, 0) is 32.9 Å². The molecule has 0 aromatic heterocycles. The molecule has 0 bridgehead atoms. The Morgan fingerprint density at radius 3 is 1.96 bits per heavy atom. The molecule has 1 aromatic carbocycles. The minimum atomic E-state index is -4.20. The number of esters is 2. The molecule has 0 fully saturated rings. The minimum Gasteiger partial charge on any atom is -0.465 e. The number of carbonyl (C=O) groups excluding carboxylic acids is 2. The Balaban J connectivity index is 3.06. The Bertz CT molecular complexity index is 611. The molecule has 0 amide bonds. The van der Waals surface area contributed by atoms with E-state index in [1.165, 1.54) is 20.8 Å². The van der Waals surface area contributed by atoms with Crippen LogP contribution in [0.5, 0.6) is 0 Å². The molecule has 0 heterocycles. The number of nitrogens with one attached hydrogen (secondary N) is 1. The van der Waals surface area contributed by atoms with Gasteiger partial charge in [0.1, 0.15) is 5.37 Å². The van der Waals surface area contributed by atoms with E-state index in [2.05, 4.69) is 5.32 Å². The summed E-state index contributed by atoms with van der Waals surface area (Å²) in [4.78, 5) is 23.9. The van der Waals surface area contributed by atoms with Crippen LogP contribution in [0.25, 0.3) is 0 Å². The lowest BCUT2D eigenvalue weighted by molar-refractivity contribution is -0.153. The van der Waals surface area contributed by atoms with Crippen molar-refractivity contribution < 1.29 is 27.5 Å². The number of sulfone groups is 1. The van der Waals surface area contributed by atoms with Crippen LogP contribution >= 0.6 is 0 Å². The van der Waals surface area contributed by atoms with Crippen LogP contribution in [0.3, 0.4) is 0 Å². The quantitative estimate of drug-likeness (QED) is 0.562. The molecule has 1 N–H and O–H groups in total. The number of anilines is 1. The SMILES string of the molecule is CCOC(=O)C(C(=O)OCC)S(=O)(=O)C(C)Nc1ccccc1. The molecule has 0 aliphatic heterocycles. The molecule has 0 saturated carbocycles. The summed E-state index contributed by atoms with van der Waals surface area (Å²) in [6, 6.07) is 8.60. The van der Waals surface area contributed by atoms with Crippen LogP contribution in [-0.4, -0.2) is 44.2 Å². The van der Waals surface area contributed by atoms with Gasteiger partial charge in [-0.2, -0.15) is 0 Å². The van der Waals surface area contributed by atoms with Crippen molar-refractivity contribution in [3.63, 3.8) is 0 Å². The van der Waals surface area contributed by atoms with Gasteiger partial charge >= 0.3 is 11.9 Å². The van der Waals surface area contributed by atoms with Crippen LogP contribution < -0.4 is 5.32 Å². The summed E-state index contributed by atoms with van der Waals surface area (Å²) < 4.78 is 34.6. The molecule has 23 heavy (non-hydrogen) atoms. The van der Waals surface area contributed by atoms with Crippen LogP contribution in [0.1, 0.15) is 20.8 Å². The second kappa shape index (κ2) is 8.52. The first kappa shape index (κ1) is 19.0. The van der Waals surface area contributed by atoms with Gasteiger partial charge in [0, 0.05) is 5.69 Å². The van der Waals surface area contributed by atoms with E-state index in [4.69, 9.17) is 9.47 Å². The van der Waals surface area contributed by atoms with Crippen molar-refractivity contribution in [2.24, 2.45) is 0 Å². The Morgan fingerprint density at radius 1 is 1.04 bits per heavy atom. The van der Waals surface area contributed by atoms with E-state index < -0.39 is 32.4 Å². The van der Waals surface area contributed by atoms with Gasteiger partial charge in [0.05, 0.1) is 13.2 Å². The maximum absolute atomic E-state index is 12.6. The molecule has 128 valence electrons. The first-order valence-electron chi connectivity index (χ1n) is 7.22. The first-order valence-corrected chi connectivity index (χ1v) is 8.83. The summed E-state index contributed by atoms with van der Waals surface area (Å²) in [5, 5.41) is -0.430. The van der Waals surface area contributed by atoms with E-state index in [0.717, 1.165) is 0 Å². The molecule has 1 atom stereocenters. The Labute approximate surface area is 135 Å².